The molecule has 1 aromatic rings. The van der Waals surface area contributed by atoms with Gasteiger partial charge in [0, 0.05) is 23.5 Å². The van der Waals surface area contributed by atoms with E-state index in [2.05, 4.69) is 0 Å². The van der Waals surface area contributed by atoms with Crippen LogP contribution in [0.5, 0.6) is 0 Å². The molecule has 0 radical (unpaired) electrons. The number of hydrogen-bond acceptors (Lipinski definition) is 4. The molecule has 106 valence electrons. The van der Waals surface area contributed by atoms with Crippen molar-refractivity contribution in [1.82, 2.24) is 0 Å². The predicted molar refractivity (Wildman–Crippen MR) is 72.1 cm³/mol. The Labute approximate surface area is 116 Å². The summed E-state index contributed by atoms with van der Waals surface area (Å²) in [5, 5.41) is 22.5. The van der Waals surface area contributed by atoms with Crippen molar-refractivity contribution in [2.24, 2.45) is 5.92 Å². The van der Waals surface area contributed by atoms with Crippen molar-refractivity contribution in [2.75, 3.05) is 0 Å². The van der Waals surface area contributed by atoms with Gasteiger partial charge in [0.15, 0.2) is 0 Å². The Bertz CT molecular complexity index is 553. The summed E-state index contributed by atoms with van der Waals surface area (Å²) >= 11 is 0. The SMILES string of the molecule is O=[N+]([O-])c1ccc([C@@H]2O[N+]([O-])=C3CCCCC[C@@H]32)cc1. The lowest BCUT2D eigenvalue weighted by molar-refractivity contribution is -0.743. The first-order valence-electron chi connectivity index (χ1n) is 6.91. The first-order chi connectivity index (χ1) is 9.66. The summed E-state index contributed by atoms with van der Waals surface area (Å²) in [6.45, 7) is 0. The van der Waals surface area contributed by atoms with E-state index in [1.54, 1.807) is 12.1 Å². The molecule has 1 heterocycles. The van der Waals surface area contributed by atoms with E-state index in [1.807, 2.05) is 0 Å². The van der Waals surface area contributed by atoms with E-state index in [0.717, 1.165) is 43.4 Å². The minimum Gasteiger partial charge on any atom is -0.394 e. The van der Waals surface area contributed by atoms with Gasteiger partial charge in [-0.1, -0.05) is 25.0 Å². The Morgan fingerprint density at radius 1 is 1.20 bits per heavy atom. The molecule has 1 aromatic carbocycles. The molecule has 0 unspecified atom stereocenters. The highest BCUT2D eigenvalue weighted by Gasteiger charge is 2.40. The van der Waals surface area contributed by atoms with Gasteiger partial charge in [-0.15, -0.1) is 0 Å². The highest BCUT2D eigenvalue weighted by molar-refractivity contribution is 5.83. The summed E-state index contributed by atoms with van der Waals surface area (Å²) in [5.74, 6) is 0.108. The van der Waals surface area contributed by atoms with Crippen LogP contribution in [0.1, 0.15) is 43.8 Å². The van der Waals surface area contributed by atoms with E-state index in [9.17, 15) is 15.3 Å². The van der Waals surface area contributed by atoms with Crippen molar-refractivity contribution >= 4 is 11.4 Å². The van der Waals surface area contributed by atoms with E-state index < -0.39 is 4.92 Å². The van der Waals surface area contributed by atoms with E-state index >= 15 is 0 Å². The van der Waals surface area contributed by atoms with Crippen LogP contribution in [-0.2, 0) is 4.84 Å². The number of rotatable bonds is 2. The van der Waals surface area contributed by atoms with Crippen molar-refractivity contribution in [3.63, 3.8) is 0 Å². The molecule has 2 atom stereocenters. The third-order valence-electron chi connectivity index (χ3n) is 4.12. The molecule has 1 saturated carbocycles. The summed E-state index contributed by atoms with van der Waals surface area (Å²) in [4.78, 5) is 16.3. The summed E-state index contributed by atoms with van der Waals surface area (Å²) in [7, 11) is 0. The van der Waals surface area contributed by atoms with E-state index in [4.69, 9.17) is 4.84 Å². The summed E-state index contributed by atoms with van der Waals surface area (Å²) in [6, 6.07) is 6.29. The Balaban J connectivity index is 1.86. The van der Waals surface area contributed by atoms with Gasteiger partial charge in [-0.3, -0.25) is 15.3 Å². The minimum absolute atomic E-state index is 0.0517. The maximum atomic E-state index is 11.9. The molecule has 6 nitrogen and oxygen atoms in total. The Morgan fingerprint density at radius 3 is 2.65 bits per heavy atom. The van der Waals surface area contributed by atoms with Gasteiger partial charge < -0.3 is 4.84 Å². The molecule has 1 aliphatic heterocycles. The largest absolute Gasteiger partial charge is 0.394 e. The molecule has 0 aromatic heterocycles. The average molecular weight is 276 g/mol. The standard InChI is InChI=1S/C14H16N2O4/c17-15(18)11-8-6-10(7-9-11)14-12-4-2-1-3-5-13(12)16(19)20-14/h6-9,12,14H,1-5H2/t12-,14-/m0/s1. The number of nitro groups is 1. The number of nitro benzene ring substituents is 1. The highest BCUT2D eigenvalue weighted by atomic mass is 16.9. The van der Waals surface area contributed by atoms with Crippen LogP contribution < -0.4 is 0 Å². The van der Waals surface area contributed by atoms with E-state index in [0.29, 0.717) is 4.90 Å². The molecule has 0 bridgehead atoms. The first kappa shape index (κ1) is 12.9. The molecule has 20 heavy (non-hydrogen) atoms. The second kappa shape index (κ2) is 5.11. The van der Waals surface area contributed by atoms with Crippen LogP contribution in [0.2, 0.25) is 0 Å². The lowest BCUT2D eigenvalue weighted by Gasteiger charge is -2.18. The molecule has 3 rings (SSSR count). The molecule has 0 N–H and O–H groups in total. The van der Waals surface area contributed by atoms with Crippen molar-refractivity contribution in [1.29, 1.82) is 0 Å². The second-order valence-corrected chi connectivity index (χ2v) is 5.33. The fraction of sp³-hybridized carbons (Fsp3) is 0.500. The lowest BCUT2D eigenvalue weighted by Crippen LogP contribution is -2.16. The maximum Gasteiger partial charge on any atom is 0.269 e. The van der Waals surface area contributed by atoms with Crippen LogP contribution in [0.3, 0.4) is 0 Å². The minimum atomic E-state index is -0.428. The lowest BCUT2D eigenvalue weighted by atomic mass is 9.88. The van der Waals surface area contributed by atoms with E-state index in [-0.39, 0.29) is 17.7 Å². The van der Waals surface area contributed by atoms with Crippen LogP contribution >= 0.6 is 0 Å². The number of non-ortho nitro benzene ring substituents is 1. The van der Waals surface area contributed by atoms with Crippen LogP contribution in [0.4, 0.5) is 5.69 Å². The summed E-state index contributed by atoms with van der Waals surface area (Å²) in [5.41, 5.74) is 1.71. The van der Waals surface area contributed by atoms with Crippen molar-refractivity contribution in [3.05, 3.63) is 45.2 Å². The van der Waals surface area contributed by atoms with Crippen molar-refractivity contribution in [3.8, 4) is 0 Å². The average Bonchev–Trinajstić information content (AvgIpc) is 2.65. The Hall–Kier alpha value is -2.11. The molecule has 2 aliphatic rings. The van der Waals surface area contributed by atoms with Crippen LogP contribution in [0.25, 0.3) is 0 Å². The number of hydrogen-bond donors (Lipinski definition) is 0. The topological polar surface area (TPSA) is 78.4 Å². The third kappa shape index (κ3) is 2.21. The monoisotopic (exact) mass is 276 g/mol. The first-order valence-corrected chi connectivity index (χ1v) is 6.91. The summed E-state index contributed by atoms with van der Waals surface area (Å²) < 4.78 is 0. The van der Waals surface area contributed by atoms with Gasteiger partial charge in [-0.2, -0.15) is 0 Å². The third-order valence-corrected chi connectivity index (χ3v) is 4.12. The molecule has 0 amide bonds. The van der Waals surface area contributed by atoms with Gasteiger partial charge in [-0.25, -0.2) is 0 Å². The van der Waals surface area contributed by atoms with Gasteiger partial charge in [-0.05, 0) is 18.4 Å². The molecule has 1 fully saturated rings. The zero-order valence-corrected chi connectivity index (χ0v) is 11.0. The van der Waals surface area contributed by atoms with Gasteiger partial charge >= 0.3 is 0 Å². The second-order valence-electron chi connectivity index (χ2n) is 5.33. The fourth-order valence-corrected chi connectivity index (χ4v) is 3.08. The molecule has 6 heteroatoms. The smallest absolute Gasteiger partial charge is 0.269 e. The Morgan fingerprint density at radius 2 is 1.95 bits per heavy atom. The quantitative estimate of drug-likeness (QED) is 0.472. The molecule has 0 spiro atoms. The number of benzene rings is 1. The fourth-order valence-electron chi connectivity index (χ4n) is 3.08. The predicted octanol–water partition coefficient (Wildman–Crippen LogP) is 3.11. The van der Waals surface area contributed by atoms with Gasteiger partial charge in [0.2, 0.25) is 5.71 Å². The van der Waals surface area contributed by atoms with Gasteiger partial charge in [0.05, 0.1) is 10.8 Å². The van der Waals surface area contributed by atoms with E-state index in [1.165, 1.54) is 12.1 Å². The zero-order valence-electron chi connectivity index (χ0n) is 11.0. The van der Waals surface area contributed by atoms with Crippen molar-refractivity contribution < 1.29 is 14.7 Å². The summed E-state index contributed by atoms with van der Waals surface area (Å²) in [6.07, 6.45) is 4.69. The van der Waals surface area contributed by atoms with Gasteiger partial charge in [0.1, 0.15) is 6.10 Å². The normalized spacial score (nSPS) is 25.8. The molecular formula is C14H16N2O4. The number of nitrogens with zero attached hydrogens (tertiary/aromatic N) is 2. The molecular weight excluding hydrogens is 260 g/mol. The highest BCUT2D eigenvalue weighted by Crippen LogP contribution is 2.39. The van der Waals surface area contributed by atoms with Crippen LogP contribution in [-0.4, -0.2) is 15.5 Å². The zero-order chi connectivity index (χ0) is 14.1. The van der Waals surface area contributed by atoms with Crippen LogP contribution in [0.15, 0.2) is 24.3 Å². The van der Waals surface area contributed by atoms with Gasteiger partial charge in [0.25, 0.3) is 5.69 Å². The molecule has 1 aliphatic carbocycles. The van der Waals surface area contributed by atoms with Crippen LogP contribution in [0, 0.1) is 21.2 Å². The number of fused-ring (bicyclic) bond motifs is 1. The Kier molecular flexibility index (Phi) is 3.30. The maximum absolute atomic E-state index is 11.9. The molecule has 0 saturated heterocycles. The van der Waals surface area contributed by atoms with Crippen molar-refractivity contribution in [2.45, 2.75) is 38.2 Å².